The van der Waals surface area contributed by atoms with E-state index in [1.165, 1.54) is 11.8 Å². The minimum atomic E-state index is 0.535. The Morgan fingerprint density at radius 3 is 2.53 bits per heavy atom. The Balaban J connectivity index is 2.33. The largest absolute Gasteiger partial charge is 0.455 e. The molecule has 0 unspecified atom stereocenters. The van der Waals surface area contributed by atoms with Crippen LogP contribution < -0.4 is 0 Å². The molecule has 0 aliphatic heterocycles. The summed E-state index contributed by atoms with van der Waals surface area (Å²) >= 11 is 0. The standard InChI is InChI=1S/C12H11NO2/c1-9-2-4-10(5-3-9)12-7-6-11(15-12)8-13-14/h2-8,14H,1H3/b13-8+. The molecular weight excluding hydrogens is 190 g/mol. The van der Waals surface area contributed by atoms with Crippen LogP contribution in [-0.4, -0.2) is 11.4 Å². The van der Waals surface area contributed by atoms with Crippen molar-refractivity contribution in [1.29, 1.82) is 0 Å². The van der Waals surface area contributed by atoms with Gasteiger partial charge in [-0.25, -0.2) is 0 Å². The van der Waals surface area contributed by atoms with E-state index in [1.807, 2.05) is 37.3 Å². The van der Waals surface area contributed by atoms with E-state index in [-0.39, 0.29) is 0 Å². The lowest BCUT2D eigenvalue weighted by Crippen LogP contribution is -1.75. The molecule has 0 saturated heterocycles. The fourth-order valence-corrected chi connectivity index (χ4v) is 1.35. The van der Waals surface area contributed by atoms with Crippen LogP contribution in [0.4, 0.5) is 0 Å². The quantitative estimate of drug-likeness (QED) is 0.461. The third-order valence-electron chi connectivity index (χ3n) is 2.15. The first kappa shape index (κ1) is 9.52. The molecule has 0 aliphatic carbocycles. The van der Waals surface area contributed by atoms with Crippen molar-refractivity contribution in [3.63, 3.8) is 0 Å². The van der Waals surface area contributed by atoms with Gasteiger partial charge in [-0.3, -0.25) is 0 Å². The Morgan fingerprint density at radius 2 is 1.87 bits per heavy atom. The molecule has 1 aromatic heterocycles. The molecule has 0 fully saturated rings. The van der Waals surface area contributed by atoms with Crippen LogP contribution in [0.3, 0.4) is 0 Å². The van der Waals surface area contributed by atoms with Crippen LogP contribution in [-0.2, 0) is 0 Å². The highest BCUT2D eigenvalue weighted by atomic mass is 16.4. The molecule has 0 radical (unpaired) electrons. The fourth-order valence-electron chi connectivity index (χ4n) is 1.35. The van der Waals surface area contributed by atoms with E-state index in [1.54, 1.807) is 6.07 Å². The summed E-state index contributed by atoms with van der Waals surface area (Å²) in [6.45, 7) is 2.04. The lowest BCUT2D eigenvalue weighted by Gasteiger charge is -1.96. The van der Waals surface area contributed by atoms with Crippen LogP contribution in [0.1, 0.15) is 11.3 Å². The highest BCUT2D eigenvalue weighted by Gasteiger charge is 2.02. The Labute approximate surface area is 87.7 Å². The van der Waals surface area contributed by atoms with Gasteiger partial charge in [0.05, 0.1) is 0 Å². The summed E-state index contributed by atoms with van der Waals surface area (Å²) in [7, 11) is 0. The van der Waals surface area contributed by atoms with Crippen LogP contribution in [0.2, 0.25) is 0 Å². The Morgan fingerprint density at radius 1 is 1.13 bits per heavy atom. The van der Waals surface area contributed by atoms with Gasteiger partial charge in [0.25, 0.3) is 0 Å². The third kappa shape index (κ3) is 2.07. The molecule has 2 rings (SSSR count). The van der Waals surface area contributed by atoms with E-state index in [4.69, 9.17) is 9.62 Å². The molecule has 1 aromatic carbocycles. The van der Waals surface area contributed by atoms with Crippen LogP contribution in [0, 0.1) is 6.92 Å². The van der Waals surface area contributed by atoms with Crippen molar-refractivity contribution in [1.82, 2.24) is 0 Å². The molecule has 3 heteroatoms. The van der Waals surface area contributed by atoms with Crippen molar-refractivity contribution < 1.29 is 9.62 Å². The zero-order valence-corrected chi connectivity index (χ0v) is 8.34. The number of aryl methyl sites for hydroxylation is 1. The number of hydrogen-bond donors (Lipinski definition) is 1. The summed E-state index contributed by atoms with van der Waals surface area (Å²) in [5.74, 6) is 1.30. The van der Waals surface area contributed by atoms with E-state index >= 15 is 0 Å². The second-order valence-corrected chi connectivity index (χ2v) is 3.31. The SMILES string of the molecule is Cc1ccc(-c2ccc(/C=N/O)o2)cc1. The van der Waals surface area contributed by atoms with Gasteiger partial charge in [-0.1, -0.05) is 35.0 Å². The van der Waals surface area contributed by atoms with Crippen molar-refractivity contribution >= 4 is 6.21 Å². The summed E-state index contributed by atoms with van der Waals surface area (Å²) in [5, 5.41) is 11.3. The zero-order valence-electron chi connectivity index (χ0n) is 8.34. The normalized spacial score (nSPS) is 11.0. The number of hydrogen-bond acceptors (Lipinski definition) is 3. The van der Waals surface area contributed by atoms with Crippen LogP contribution in [0.25, 0.3) is 11.3 Å². The molecule has 3 nitrogen and oxygen atoms in total. The molecule has 0 saturated carbocycles. The third-order valence-corrected chi connectivity index (χ3v) is 2.15. The Hall–Kier alpha value is -2.03. The summed E-state index contributed by atoms with van der Waals surface area (Å²) in [5.41, 5.74) is 2.22. The summed E-state index contributed by atoms with van der Waals surface area (Å²) in [4.78, 5) is 0. The van der Waals surface area contributed by atoms with Crippen molar-refractivity contribution in [2.75, 3.05) is 0 Å². The van der Waals surface area contributed by atoms with Crippen molar-refractivity contribution in [2.24, 2.45) is 5.16 Å². The highest BCUT2D eigenvalue weighted by molar-refractivity contribution is 5.76. The zero-order chi connectivity index (χ0) is 10.7. The van der Waals surface area contributed by atoms with Crippen molar-refractivity contribution in [3.05, 3.63) is 47.7 Å². The maximum atomic E-state index is 8.35. The van der Waals surface area contributed by atoms with Gasteiger partial charge in [0, 0.05) is 5.56 Å². The van der Waals surface area contributed by atoms with E-state index in [0.29, 0.717) is 5.76 Å². The van der Waals surface area contributed by atoms with E-state index in [2.05, 4.69) is 5.16 Å². The summed E-state index contributed by atoms with van der Waals surface area (Å²) in [6, 6.07) is 11.6. The minimum Gasteiger partial charge on any atom is -0.455 e. The number of rotatable bonds is 2. The molecule has 2 aromatic rings. The molecule has 0 aliphatic rings. The van der Waals surface area contributed by atoms with Gasteiger partial charge in [-0.2, -0.15) is 0 Å². The van der Waals surface area contributed by atoms with Crippen LogP contribution >= 0.6 is 0 Å². The molecule has 76 valence electrons. The number of nitrogens with zero attached hydrogens (tertiary/aromatic N) is 1. The molecule has 0 amide bonds. The van der Waals surface area contributed by atoms with Crippen molar-refractivity contribution in [3.8, 4) is 11.3 Å². The van der Waals surface area contributed by atoms with Crippen LogP contribution in [0.15, 0.2) is 46.0 Å². The maximum Gasteiger partial charge on any atom is 0.149 e. The average molecular weight is 201 g/mol. The van der Waals surface area contributed by atoms with Gasteiger partial charge in [0.1, 0.15) is 17.7 Å². The van der Waals surface area contributed by atoms with E-state index < -0.39 is 0 Å². The predicted octanol–water partition coefficient (Wildman–Crippen LogP) is 3.06. The second-order valence-electron chi connectivity index (χ2n) is 3.31. The molecule has 1 heterocycles. The maximum absolute atomic E-state index is 8.35. The summed E-state index contributed by atoms with van der Waals surface area (Å²) < 4.78 is 5.44. The average Bonchev–Trinajstić information content (AvgIpc) is 2.68. The smallest absolute Gasteiger partial charge is 0.149 e. The number of benzene rings is 1. The summed E-state index contributed by atoms with van der Waals surface area (Å²) in [6.07, 6.45) is 1.26. The lowest BCUT2D eigenvalue weighted by molar-refractivity contribution is 0.321. The van der Waals surface area contributed by atoms with Gasteiger partial charge in [-0.15, -0.1) is 0 Å². The molecule has 15 heavy (non-hydrogen) atoms. The van der Waals surface area contributed by atoms with Gasteiger partial charge in [0.15, 0.2) is 0 Å². The van der Waals surface area contributed by atoms with Gasteiger partial charge in [0.2, 0.25) is 0 Å². The molecule has 0 atom stereocenters. The van der Waals surface area contributed by atoms with E-state index in [9.17, 15) is 0 Å². The molecular formula is C12H11NO2. The monoisotopic (exact) mass is 201 g/mol. The first-order valence-electron chi connectivity index (χ1n) is 4.64. The van der Waals surface area contributed by atoms with Crippen LogP contribution in [0.5, 0.6) is 0 Å². The first-order valence-corrected chi connectivity index (χ1v) is 4.64. The molecule has 0 bridgehead atoms. The van der Waals surface area contributed by atoms with E-state index in [0.717, 1.165) is 11.3 Å². The van der Waals surface area contributed by atoms with Gasteiger partial charge in [-0.05, 0) is 19.1 Å². The molecule has 0 spiro atoms. The van der Waals surface area contributed by atoms with Crippen molar-refractivity contribution in [2.45, 2.75) is 6.92 Å². The minimum absolute atomic E-state index is 0.535. The second kappa shape index (κ2) is 4.00. The topological polar surface area (TPSA) is 45.7 Å². The number of furan rings is 1. The Kier molecular flexibility index (Phi) is 2.54. The Bertz CT molecular complexity index is 469. The van der Waals surface area contributed by atoms with Gasteiger partial charge >= 0.3 is 0 Å². The highest BCUT2D eigenvalue weighted by Crippen LogP contribution is 2.21. The lowest BCUT2D eigenvalue weighted by atomic mass is 10.1. The number of oxime groups is 1. The first-order chi connectivity index (χ1) is 7.29. The fraction of sp³-hybridized carbons (Fsp3) is 0.0833. The molecule has 1 N–H and O–H groups in total. The predicted molar refractivity (Wildman–Crippen MR) is 58.3 cm³/mol. The van der Waals surface area contributed by atoms with Gasteiger partial charge < -0.3 is 9.62 Å².